The number of hydrogen-bond acceptors (Lipinski definition) is 6. The van der Waals surface area contributed by atoms with E-state index in [0.717, 1.165) is 19.3 Å². The van der Waals surface area contributed by atoms with Crippen molar-refractivity contribution in [3.05, 3.63) is 48.2 Å². The standard InChI is InChI=1S/C26H30F2N4O5/c1-16(15-36-23-20(22(29)34)7-4-8-30-23)10-26(2)11-17(12-26)13-32-21(33)14-31(25(32)35)18-5-3-6-19(9-18)37-24(27)28/h3-9,16-17,24H,10-15H2,1-2H3,(H2,29,34)/t16-,17-,26-/m0/s1. The van der Waals surface area contributed by atoms with Crippen molar-refractivity contribution >= 4 is 23.5 Å². The van der Waals surface area contributed by atoms with Gasteiger partial charge >= 0.3 is 12.6 Å². The number of primary amides is 1. The van der Waals surface area contributed by atoms with E-state index in [1.54, 1.807) is 24.4 Å². The van der Waals surface area contributed by atoms with Crippen LogP contribution in [0, 0.1) is 17.3 Å². The number of urea groups is 1. The fourth-order valence-corrected chi connectivity index (χ4v) is 5.45. The lowest BCUT2D eigenvalue weighted by molar-refractivity contribution is -0.126. The molecular weight excluding hydrogens is 486 g/mol. The van der Waals surface area contributed by atoms with E-state index in [9.17, 15) is 23.2 Å². The molecule has 1 aromatic carbocycles. The van der Waals surface area contributed by atoms with Crippen LogP contribution >= 0.6 is 0 Å². The van der Waals surface area contributed by atoms with E-state index in [-0.39, 0.29) is 46.9 Å². The average molecular weight is 517 g/mol. The number of rotatable bonds is 11. The van der Waals surface area contributed by atoms with E-state index in [0.29, 0.717) is 18.8 Å². The van der Waals surface area contributed by atoms with Crippen LogP contribution in [0.5, 0.6) is 11.6 Å². The highest BCUT2D eigenvalue weighted by atomic mass is 19.3. The number of benzene rings is 1. The Labute approximate surface area is 213 Å². The zero-order valence-electron chi connectivity index (χ0n) is 20.7. The molecule has 4 rings (SSSR count). The molecule has 2 fully saturated rings. The molecule has 1 aliphatic heterocycles. The highest BCUT2D eigenvalue weighted by Gasteiger charge is 2.45. The van der Waals surface area contributed by atoms with Crippen molar-refractivity contribution < 1.29 is 32.6 Å². The van der Waals surface area contributed by atoms with Gasteiger partial charge in [-0.25, -0.2) is 9.78 Å². The molecular formula is C26H30F2N4O5. The SMILES string of the molecule is C[C@H](COc1ncccc1C(N)=O)C[C@]1(C)C[C@@H](CN2C(=O)CN(c3cccc(OC(F)F)c3)C2=O)C1. The monoisotopic (exact) mass is 516 g/mol. The van der Waals surface area contributed by atoms with Gasteiger partial charge in [0.2, 0.25) is 5.88 Å². The Kier molecular flexibility index (Phi) is 7.60. The lowest BCUT2D eigenvalue weighted by Gasteiger charge is -2.47. The second-order valence-corrected chi connectivity index (χ2v) is 10.2. The van der Waals surface area contributed by atoms with E-state index >= 15 is 0 Å². The normalized spacial score (nSPS) is 22.2. The number of carbonyl (C=O) groups excluding carboxylic acids is 3. The van der Waals surface area contributed by atoms with Crippen molar-refractivity contribution in [2.45, 2.75) is 39.7 Å². The maximum absolute atomic E-state index is 12.9. The molecule has 2 aromatic rings. The predicted octanol–water partition coefficient (Wildman–Crippen LogP) is 4.07. The molecule has 2 N–H and O–H groups in total. The number of anilines is 1. The fraction of sp³-hybridized carbons (Fsp3) is 0.462. The van der Waals surface area contributed by atoms with Gasteiger partial charge < -0.3 is 15.2 Å². The molecule has 2 heterocycles. The van der Waals surface area contributed by atoms with Crippen LogP contribution in [0.2, 0.25) is 0 Å². The van der Waals surface area contributed by atoms with Gasteiger partial charge in [-0.15, -0.1) is 0 Å². The Morgan fingerprint density at radius 2 is 2.00 bits per heavy atom. The van der Waals surface area contributed by atoms with Crippen LogP contribution in [0.4, 0.5) is 19.3 Å². The van der Waals surface area contributed by atoms with Crippen molar-refractivity contribution in [3.8, 4) is 11.6 Å². The van der Waals surface area contributed by atoms with Crippen molar-refractivity contribution in [2.24, 2.45) is 23.0 Å². The summed E-state index contributed by atoms with van der Waals surface area (Å²) in [5, 5.41) is 0. The number of pyridine rings is 1. The highest BCUT2D eigenvalue weighted by molar-refractivity contribution is 6.12. The number of alkyl halides is 2. The molecule has 0 bridgehead atoms. The molecule has 37 heavy (non-hydrogen) atoms. The van der Waals surface area contributed by atoms with Gasteiger partial charge in [0.25, 0.3) is 11.8 Å². The summed E-state index contributed by atoms with van der Waals surface area (Å²) in [7, 11) is 0. The predicted molar refractivity (Wildman–Crippen MR) is 130 cm³/mol. The van der Waals surface area contributed by atoms with Gasteiger partial charge in [-0.3, -0.25) is 19.4 Å². The largest absolute Gasteiger partial charge is 0.477 e. The van der Waals surface area contributed by atoms with Gasteiger partial charge in [0.15, 0.2) is 0 Å². The summed E-state index contributed by atoms with van der Waals surface area (Å²) in [5.74, 6) is -0.406. The second kappa shape index (κ2) is 10.7. The van der Waals surface area contributed by atoms with Gasteiger partial charge in [-0.2, -0.15) is 8.78 Å². The number of amides is 4. The first-order valence-corrected chi connectivity index (χ1v) is 12.1. The van der Waals surface area contributed by atoms with Crippen molar-refractivity contribution in [1.29, 1.82) is 0 Å². The van der Waals surface area contributed by atoms with Crippen LogP contribution in [0.3, 0.4) is 0 Å². The molecule has 198 valence electrons. The Bertz CT molecular complexity index is 1170. The maximum atomic E-state index is 12.9. The van der Waals surface area contributed by atoms with Gasteiger partial charge in [0, 0.05) is 24.5 Å². The van der Waals surface area contributed by atoms with Crippen LogP contribution in [-0.4, -0.2) is 54.0 Å². The Morgan fingerprint density at radius 1 is 1.24 bits per heavy atom. The third kappa shape index (κ3) is 6.15. The number of carbonyl (C=O) groups is 3. The van der Waals surface area contributed by atoms with Crippen LogP contribution in [0.25, 0.3) is 0 Å². The summed E-state index contributed by atoms with van der Waals surface area (Å²) in [6, 6.07) is 8.50. The molecule has 1 aromatic heterocycles. The summed E-state index contributed by atoms with van der Waals surface area (Å²) >= 11 is 0. The van der Waals surface area contributed by atoms with Gasteiger partial charge in [-0.05, 0) is 60.8 Å². The zero-order valence-corrected chi connectivity index (χ0v) is 20.7. The number of nitrogens with two attached hydrogens (primary N) is 1. The lowest BCUT2D eigenvalue weighted by atomic mass is 9.60. The molecule has 9 nitrogen and oxygen atoms in total. The average Bonchev–Trinajstić information content (AvgIpc) is 3.10. The molecule has 0 radical (unpaired) electrons. The third-order valence-electron chi connectivity index (χ3n) is 6.80. The smallest absolute Gasteiger partial charge is 0.387 e. The third-order valence-corrected chi connectivity index (χ3v) is 6.80. The van der Waals surface area contributed by atoms with E-state index in [2.05, 4.69) is 23.6 Å². The quantitative estimate of drug-likeness (QED) is 0.450. The van der Waals surface area contributed by atoms with Crippen molar-refractivity contribution in [1.82, 2.24) is 9.88 Å². The van der Waals surface area contributed by atoms with Crippen LogP contribution in [0.15, 0.2) is 42.6 Å². The number of nitrogens with zero attached hydrogens (tertiary/aromatic N) is 3. The summed E-state index contributed by atoms with van der Waals surface area (Å²) in [6.07, 6.45) is 4.11. The van der Waals surface area contributed by atoms with E-state index in [1.807, 2.05) is 0 Å². The summed E-state index contributed by atoms with van der Waals surface area (Å²) < 4.78 is 35.2. The zero-order chi connectivity index (χ0) is 26.7. The van der Waals surface area contributed by atoms with Crippen molar-refractivity contribution in [2.75, 3.05) is 24.6 Å². The summed E-state index contributed by atoms with van der Waals surface area (Å²) in [6.45, 7) is 1.80. The molecule has 1 saturated heterocycles. The topological polar surface area (TPSA) is 115 Å². The molecule has 1 atom stereocenters. The Hall–Kier alpha value is -3.76. The molecule has 1 aliphatic carbocycles. The van der Waals surface area contributed by atoms with Gasteiger partial charge in [0.05, 0.1) is 6.61 Å². The van der Waals surface area contributed by atoms with E-state index < -0.39 is 18.5 Å². The number of hydrogen-bond donors (Lipinski definition) is 1. The number of imide groups is 1. The first kappa shape index (κ1) is 26.3. The van der Waals surface area contributed by atoms with E-state index in [1.165, 1.54) is 28.0 Å². The molecule has 1 saturated carbocycles. The summed E-state index contributed by atoms with van der Waals surface area (Å²) in [5.41, 5.74) is 5.99. The minimum absolute atomic E-state index is 0.0382. The minimum Gasteiger partial charge on any atom is -0.477 e. The fourth-order valence-electron chi connectivity index (χ4n) is 5.45. The number of aromatic nitrogens is 1. The molecule has 4 amide bonds. The Morgan fingerprint density at radius 3 is 2.70 bits per heavy atom. The number of ether oxygens (including phenoxy) is 2. The Balaban J connectivity index is 1.27. The second-order valence-electron chi connectivity index (χ2n) is 10.2. The summed E-state index contributed by atoms with van der Waals surface area (Å²) in [4.78, 5) is 43.7. The first-order valence-electron chi connectivity index (χ1n) is 12.1. The van der Waals surface area contributed by atoms with Crippen LogP contribution in [0.1, 0.15) is 43.5 Å². The van der Waals surface area contributed by atoms with Crippen molar-refractivity contribution in [3.63, 3.8) is 0 Å². The molecule has 0 spiro atoms. The van der Waals surface area contributed by atoms with Gasteiger partial charge in [0.1, 0.15) is 17.9 Å². The van der Waals surface area contributed by atoms with Gasteiger partial charge in [-0.1, -0.05) is 19.9 Å². The molecule has 11 heteroatoms. The van der Waals surface area contributed by atoms with E-state index in [4.69, 9.17) is 10.5 Å². The minimum atomic E-state index is -2.98. The van der Waals surface area contributed by atoms with Crippen LogP contribution in [-0.2, 0) is 4.79 Å². The maximum Gasteiger partial charge on any atom is 0.387 e. The number of halogens is 2. The van der Waals surface area contributed by atoms with Crippen LogP contribution < -0.4 is 20.1 Å². The highest BCUT2D eigenvalue weighted by Crippen LogP contribution is 2.50. The first-order chi connectivity index (χ1) is 17.5. The molecule has 0 unspecified atom stereocenters. The molecule has 2 aliphatic rings. The lowest BCUT2D eigenvalue weighted by Crippen LogP contribution is -2.45.